The number of aromatic hydroxyl groups is 1. The first-order chi connectivity index (χ1) is 9.24. The lowest BCUT2D eigenvalue weighted by Crippen LogP contribution is -2.15. The van der Waals surface area contributed by atoms with E-state index in [1.54, 1.807) is 22.9 Å². The third-order valence-electron chi connectivity index (χ3n) is 2.99. The molecule has 3 rings (SSSR count). The van der Waals surface area contributed by atoms with Gasteiger partial charge < -0.3 is 9.51 Å². The number of hydrogen-bond donors (Lipinski definition) is 1. The minimum Gasteiger partial charge on any atom is -0.504 e. The van der Waals surface area contributed by atoms with Crippen LogP contribution in [0.5, 0.6) is 5.75 Å². The van der Waals surface area contributed by atoms with Crippen molar-refractivity contribution in [2.45, 2.75) is 6.42 Å². The summed E-state index contributed by atoms with van der Waals surface area (Å²) >= 11 is 0. The highest BCUT2D eigenvalue weighted by Crippen LogP contribution is 2.14. The zero-order valence-electron chi connectivity index (χ0n) is 10.2. The molecule has 1 aromatic carbocycles. The fraction of sp³-hybridized carbons (Fsp3) is 0.0667. The Hall–Kier alpha value is -2.62. The molecule has 0 unspecified atom stereocenters. The van der Waals surface area contributed by atoms with Crippen LogP contribution in [0.4, 0.5) is 0 Å². The molecule has 0 radical (unpaired) electrons. The van der Waals surface area contributed by atoms with Crippen LogP contribution in [-0.2, 0) is 6.42 Å². The van der Waals surface area contributed by atoms with E-state index < -0.39 is 0 Å². The zero-order valence-corrected chi connectivity index (χ0v) is 10.2. The molecule has 2 aromatic heterocycles. The van der Waals surface area contributed by atoms with Crippen LogP contribution in [0.3, 0.4) is 0 Å². The third kappa shape index (κ3) is 2.20. The monoisotopic (exact) mass is 252 g/mol. The number of fused-ring (bicyclic) bond motifs is 1. The lowest BCUT2D eigenvalue weighted by atomic mass is 10.1. The van der Waals surface area contributed by atoms with E-state index in [1.807, 2.05) is 30.3 Å². The molecule has 4 nitrogen and oxygen atoms in total. The minimum atomic E-state index is -0.301. The Balaban J connectivity index is 2.10. The maximum Gasteiger partial charge on any atom is 0.276 e. The molecule has 0 saturated carbocycles. The van der Waals surface area contributed by atoms with Gasteiger partial charge in [0.05, 0.1) is 0 Å². The highest BCUT2D eigenvalue weighted by atomic mass is 16.3. The van der Waals surface area contributed by atoms with Gasteiger partial charge in [-0.15, -0.1) is 0 Å². The average molecular weight is 252 g/mol. The van der Waals surface area contributed by atoms with E-state index in [4.69, 9.17) is 0 Å². The Morgan fingerprint density at radius 1 is 1.11 bits per heavy atom. The third-order valence-corrected chi connectivity index (χ3v) is 2.99. The van der Waals surface area contributed by atoms with Gasteiger partial charge in [0.2, 0.25) is 0 Å². The van der Waals surface area contributed by atoms with Crippen LogP contribution >= 0.6 is 0 Å². The fourth-order valence-corrected chi connectivity index (χ4v) is 2.05. The predicted molar refractivity (Wildman–Crippen MR) is 72.4 cm³/mol. The zero-order chi connectivity index (χ0) is 13.2. The molecule has 0 aliphatic heterocycles. The summed E-state index contributed by atoms with van der Waals surface area (Å²) in [5, 5.41) is 9.65. The highest BCUT2D eigenvalue weighted by molar-refractivity contribution is 5.52. The van der Waals surface area contributed by atoms with Gasteiger partial charge in [-0.25, -0.2) is 0 Å². The van der Waals surface area contributed by atoms with Crippen molar-refractivity contribution in [1.29, 1.82) is 0 Å². The van der Waals surface area contributed by atoms with Crippen molar-refractivity contribution in [2.24, 2.45) is 0 Å². The van der Waals surface area contributed by atoms with Crippen molar-refractivity contribution in [3.63, 3.8) is 0 Å². The Morgan fingerprint density at radius 2 is 1.89 bits per heavy atom. The Morgan fingerprint density at radius 3 is 2.68 bits per heavy atom. The number of aromatic nitrogens is 2. The molecule has 2 heterocycles. The van der Waals surface area contributed by atoms with Gasteiger partial charge >= 0.3 is 0 Å². The summed E-state index contributed by atoms with van der Waals surface area (Å²) in [5.74, 6) is 0.00543. The quantitative estimate of drug-likeness (QED) is 0.758. The van der Waals surface area contributed by atoms with Crippen molar-refractivity contribution >= 4 is 5.65 Å². The molecule has 0 saturated heterocycles. The van der Waals surface area contributed by atoms with Crippen LogP contribution in [-0.4, -0.2) is 14.5 Å². The largest absolute Gasteiger partial charge is 0.504 e. The lowest BCUT2D eigenvalue weighted by Gasteiger charge is -2.05. The first-order valence-electron chi connectivity index (χ1n) is 5.98. The summed E-state index contributed by atoms with van der Waals surface area (Å²) in [4.78, 5) is 15.9. The summed E-state index contributed by atoms with van der Waals surface area (Å²) in [7, 11) is 0. The highest BCUT2D eigenvalue weighted by Gasteiger charge is 2.07. The molecule has 4 heteroatoms. The molecule has 0 spiro atoms. The van der Waals surface area contributed by atoms with E-state index >= 15 is 0 Å². The van der Waals surface area contributed by atoms with Crippen molar-refractivity contribution in [2.75, 3.05) is 0 Å². The Bertz CT molecular complexity index is 779. The number of benzene rings is 1. The first kappa shape index (κ1) is 11.5. The lowest BCUT2D eigenvalue weighted by molar-refractivity contribution is 0.476. The van der Waals surface area contributed by atoms with Crippen LogP contribution in [0, 0.1) is 0 Å². The van der Waals surface area contributed by atoms with Gasteiger partial charge in [-0.1, -0.05) is 30.3 Å². The van der Waals surface area contributed by atoms with Crippen molar-refractivity contribution in [3.8, 4) is 5.75 Å². The Labute approximate surface area is 109 Å². The van der Waals surface area contributed by atoms with Crippen molar-refractivity contribution in [1.82, 2.24) is 9.38 Å². The molecule has 0 aliphatic rings. The predicted octanol–water partition coefficient (Wildman–Crippen LogP) is 1.99. The van der Waals surface area contributed by atoms with E-state index in [0.29, 0.717) is 12.0 Å². The van der Waals surface area contributed by atoms with Crippen LogP contribution in [0.25, 0.3) is 5.65 Å². The van der Waals surface area contributed by atoms with E-state index in [1.165, 1.54) is 6.07 Å². The Kier molecular flexibility index (Phi) is 2.76. The van der Waals surface area contributed by atoms with Gasteiger partial charge in [-0.05, 0) is 17.7 Å². The van der Waals surface area contributed by atoms with Crippen LogP contribution < -0.4 is 5.56 Å². The second-order valence-electron chi connectivity index (χ2n) is 4.36. The van der Waals surface area contributed by atoms with Crippen molar-refractivity contribution in [3.05, 3.63) is 76.3 Å². The molecule has 0 fully saturated rings. The smallest absolute Gasteiger partial charge is 0.276 e. The molecule has 3 aromatic rings. The minimum absolute atomic E-state index is 0.00543. The van der Waals surface area contributed by atoms with E-state index in [0.717, 1.165) is 5.56 Å². The maximum atomic E-state index is 12.0. The molecule has 1 N–H and O–H groups in total. The van der Waals surface area contributed by atoms with E-state index in [2.05, 4.69) is 4.98 Å². The first-order valence-corrected chi connectivity index (χ1v) is 5.98. The molecule has 0 atom stereocenters. The van der Waals surface area contributed by atoms with Gasteiger partial charge in [-0.3, -0.25) is 4.79 Å². The van der Waals surface area contributed by atoms with Crippen LogP contribution in [0.15, 0.2) is 59.7 Å². The van der Waals surface area contributed by atoms with Gasteiger partial charge in [0.15, 0.2) is 11.4 Å². The summed E-state index contributed by atoms with van der Waals surface area (Å²) in [5.41, 5.74) is 1.64. The maximum absolute atomic E-state index is 12.0. The fourth-order valence-electron chi connectivity index (χ4n) is 2.05. The van der Waals surface area contributed by atoms with Crippen LogP contribution in [0.2, 0.25) is 0 Å². The second-order valence-corrected chi connectivity index (χ2v) is 4.36. The number of rotatable bonds is 2. The number of hydrogen-bond acceptors (Lipinski definition) is 3. The van der Waals surface area contributed by atoms with Crippen LogP contribution in [0.1, 0.15) is 11.1 Å². The molecule has 0 bridgehead atoms. The molecule has 0 aliphatic carbocycles. The summed E-state index contributed by atoms with van der Waals surface area (Å²) < 4.78 is 1.66. The molecule has 94 valence electrons. The van der Waals surface area contributed by atoms with Gasteiger partial charge in [0.1, 0.15) is 0 Å². The molecular formula is C15H12N2O2. The number of pyridine rings is 1. The summed E-state index contributed by atoms with van der Waals surface area (Å²) in [6.07, 6.45) is 4.01. The topological polar surface area (TPSA) is 54.6 Å². The average Bonchev–Trinajstić information content (AvgIpc) is 2.42. The SMILES string of the molecule is O=c1nc2c(O)cccn2cc1Cc1ccccc1. The van der Waals surface area contributed by atoms with E-state index in [-0.39, 0.29) is 17.0 Å². The molecule has 0 amide bonds. The summed E-state index contributed by atoms with van der Waals surface area (Å²) in [6, 6.07) is 13.0. The normalized spacial score (nSPS) is 10.7. The van der Waals surface area contributed by atoms with Gasteiger partial charge in [0.25, 0.3) is 5.56 Å². The summed E-state index contributed by atoms with van der Waals surface area (Å²) in [6.45, 7) is 0. The molecular weight excluding hydrogens is 240 g/mol. The van der Waals surface area contributed by atoms with Crippen molar-refractivity contribution < 1.29 is 5.11 Å². The number of nitrogens with zero attached hydrogens (tertiary/aromatic N) is 2. The van der Waals surface area contributed by atoms with Gasteiger partial charge in [-0.2, -0.15) is 4.98 Å². The standard InChI is InChI=1S/C15H12N2O2/c18-13-7-4-8-17-10-12(15(19)16-14(13)17)9-11-5-2-1-3-6-11/h1-8,10,18H,9H2. The second kappa shape index (κ2) is 4.57. The molecule has 19 heavy (non-hydrogen) atoms. The van der Waals surface area contributed by atoms with E-state index in [9.17, 15) is 9.90 Å². The van der Waals surface area contributed by atoms with Gasteiger partial charge in [0, 0.05) is 24.4 Å².